The van der Waals surface area contributed by atoms with Gasteiger partial charge in [-0.25, -0.2) is 21.6 Å². The molecule has 0 saturated heterocycles. The van der Waals surface area contributed by atoms with E-state index in [1.807, 2.05) is 4.72 Å². The van der Waals surface area contributed by atoms with E-state index in [2.05, 4.69) is 0 Å². The summed E-state index contributed by atoms with van der Waals surface area (Å²) in [5.41, 5.74) is -0.0702. The zero-order valence-corrected chi connectivity index (χ0v) is 12.6. The molecule has 2 aromatic carbocycles. The first-order valence-corrected chi connectivity index (χ1v) is 7.62. The third-order valence-electron chi connectivity index (χ3n) is 2.70. The van der Waals surface area contributed by atoms with Gasteiger partial charge in [-0.3, -0.25) is 4.72 Å². The summed E-state index contributed by atoms with van der Waals surface area (Å²) in [5, 5.41) is 0.198. The number of hydrogen-bond donors (Lipinski definition) is 1. The molecule has 0 amide bonds. The highest BCUT2D eigenvalue weighted by Gasteiger charge is 2.25. The van der Waals surface area contributed by atoms with Crippen LogP contribution in [0.5, 0.6) is 5.75 Å². The minimum atomic E-state index is -4.50. The van der Waals surface area contributed by atoms with Gasteiger partial charge in [-0.05, 0) is 30.3 Å². The van der Waals surface area contributed by atoms with Gasteiger partial charge in [0.2, 0.25) is 0 Å². The van der Waals surface area contributed by atoms with Gasteiger partial charge in [0, 0.05) is 5.02 Å². The fourth-order valence-electron chi connectivity index (χ4n) is 1.68. The van der Waals surface area contributed by atoms with E-state index >= 15 is 0 Å². The predicted molar refractivity (Wildman–Crippen MR) is 75.1 cm³/mol. The lowest BCUT2D eigenvalue weighted by Crippen LogP contribution is -2.16. The average Bonchev–Trinajstić information content (AvgIpc) is 2.44. The number of halogens is 4. The van der Waals surface area contributed by atoms with Crippen LogP contribution in [0.4, 0.5) is 18.9 Å². The second-order valence-corrected chi connectivity index (χ2v) is 6.21. The molecule has 0 radical (unpaired) electrons. The molecule has 0 heterocycles. The van der Waals surface area contributed by atoms with Gasteiger partial charge in [-0.2, -0.15) is 0 Å². The molecule has 0 aromatic heterocycles. The summed E-state index contributed by atoms with van der Waals surface area (Å²) < 4.78 is 70.9. The molecular formula is C13H9ClF3NO3S. The lowest BCUT2D eigenvalue weighted by atomic mass is 10.3. The molecule has 22 heavy (non-hydrogen) atoms. The van der Waals surface area contributed by atoms with Crippen LogP contribution in [0, 0.1) is 17.5 Å². The SMILES string of the molecule is COc1ccc(Cl)cc1NS(=O)(=O)c1ccc(F)c(F)c1F. The number of nitrogens with one attached hydrogen (secondary N) is 1. The van der Waals surface area contributed by atoms with Crippen LogP contribution >= 0.6 is 11.6 Å². The molecule has 0 saturated carbocycles. The minimum Gasteiger partial charge on any atom is -0.495 e. The van der Waals surface area contributed by atoms with Crippen molar-refractivity contribution in [3.8, 4) is 5.75 Å². The third-order valence-corrected chi connectivity index (χ3v) is 4.31. The van der Waals surface area contributed by atoms with Crippen molar-refractivity contribution >= 4 is 27.3 Å². The highest BCUT2D eigenvalue weighted by Crippen LogP contribution is 2.30. The molecule has 9 heteroatoms. The molecule has 118 valence electrons. The number of anilines is 1. The Morgan fingerprint density at radius 2 is 1.77 bits per heavy atom. The molecule has 0 aliphatic carbocycles. The minimum absolute atomic E-state index is 0.0702. The van der Waals surface area contributed by atoms with Gasteiger partial charge in [-0.1, -0.05) is 11.6 Å². The summed E-state index contributed by atoms with van der Waals surface area (Å²) in [5.74, 6) is -5.05. The summed E-state index contributed by atoms with van der Waals surface area (Å²) >= 11 is 5.75. The van der Waals surface area contributed by atoms with Crippen molar-refractivity contribution in [2.24, 2.45) is 0 Å². The Morgan fingerprint density at radius 1 is 1.09 bits per heavy atom. The van der Waals surface area contributed by atoms with Gasteiger partial charge in [-0.15, -0.1) is 0 Å². The predicted octanol–water partition coefficient (Wildman–Crippen LogP) is 3.57. The Balaban J connectivity index is 2.49. The van der Waals surface area contributed by atoms with Crippen molar-refractivity contribution in [1.29, 1.82) is 0 Å². The maximum atomic E-state index is 13.6. The van der Waals surface area contributed by atoms with E-state index in [0.29, 0.717) is 12.1 Å². The van der Waals surface area contributed by atoms with E-state index in [0.717, 1.165) is 0 Å². The van der Waals surface area contributed by atoms with Gasteiger partial charge >= 0.3 is 0 Å². The van der Waals surface area contributed by atoms with Crippen molar-refractivity contribution in [1.82, 2.24) is 0 Å². The molecule has 2 aromatic rings. The molecule has 0 aliphatic rings. The summed E-state index contributed by atoms with van der Waals surface area (Å²) in [6.07, 6.45) is 0. The number of benzene rings is 2. The highest BCUT2D eigenvalue weighted by molar-refractivity contribution is 7.92. The lowest BCUT2D eigenvalue weighted by molar-refractivity contribution is 0.416. The smallest absolute Gasteiger partial charge is 0.265 e. The normalized spacial score (nSPS) is 11.3. The van der Waals surface area contributed by atoms with Gasteiger partial charge in [0.25, 0.3) is 10.0 Å². The molecule has 0 aliphatic heterocycles. The third kappa shape index (κ3) is 3.12. The fourth-order valence-corrected chi connectivity index (χ4v) is 2.98. The van der Waals surface area contributed by atoms with Crippen LogP contribution in [0.25, 0.3) is 0 Å². The lowest BCUT2D eigenvalue weighted by Gasteiger charge is -2.13. The summed E-state index contributed by atoms with van der Waals surface area (Å²) in [6.45, 7) is 0. The molecule has 0 bridgehead atoms. The number of rotatable bonds is 4. The van der Waals surface area contributed by atoms with Gasteiger partial charge < -0.3 is 4.74 Å². The number of methoxy groups -OCH3 is 1. The van der Waals surface area contributed by atoms with E-state index in [4.69, 9.17) is 16.3 Å². The first kappa shape index (κ1) is 16.4. The monoisotopic (exact) mass is 351 g/mol. The Bertz CT molecular complexity index is 828. The van der Waals surface area contributed by atoms with E-state index in [9.17, 15) is 21.6 Å². The highest BCUT2D eigenvalue weighted by atomic mass is 35.5. The maximum Gasteiger partial charge on any atom is 0.265 e. The van der Waals surface area contributed by atoms with Crippen LogP contribution in [0.1, 0.15) is 0 Å². The van der Waals surface area contributed by atoms with Crippen molar-refractivity contribution in [2.75, 3.05) is 11.8 Å². The molecule has 4 nitrogen and oxygen atoms in total. The molecular weight excluding hydrogens is 343 g/mol. The molecule has 0 fully saturated rings. The molecule has 1 N–H and O–H groups in total. The van der Waals surface area contributed by atoms with Gasteiger partial charge in [0.1, 0.15) is 10.6 Å². The van der Waals surface area contributed by atoms with Crippen LogP contribution in [-0.4, -0.2) is 15.5 Å². The van der Waals surface area contributed by atoms with Crippen LogP contribution in [0.15, 0.2) is 35.2 Å². The van der Waals surface area contributed by atoms with Crippen LogP contribution < -0.4 is 9.46 Å². The van der Waals surface area contributed by atoms with Crippen molar-refractivity contribution in [3.05, 3.63) is 52.8 Å². The Morgan fingerprint density at radius 3 is 2.41 bits per heavy atom. The number of ether oxygens (including phenoxy) is 1. The van der Waals surface area contributed by atoms with E-state index in [1.54, 1.807) is 0 Å². The van der Waals surface area contributed by atoms with E-state index in [1.165, 1.54) is 25.3 Å². The second kappa shape index (κ2) is 6.05. The molecule has 0 unspecified atom stereocenters. The van der Waals surface area contributed by atoms with Gasteiger partial charge in [0.15, 0.2) is 17.5 Å². The van der Waals surface area contributed by atoms with Crippen molar-refractivity contribution in [3.63, 3.8) is 0 Å². The summed E-state index contributed by atoms with van der Waals surface area (Å²) in [6, 6.07) is 5.21. The van der Waals surface area contributed by atoms with Crippen LogP contribution in [0.2, 0.25) is 5.02 Å². The molecule has 2 rings (SSSR count). The first-order valence-electron chi connectivity index (χ1n) is 5.76. The largest absolute Gasteiger partial charge is 0.495 e. The average molecular weight is 352 g/mol. The van der Waals surface area contributed by atoms with Crippen LogP contribution in [0.3, 0.4) is 0 Å². The molecule has 0 spiro atoms. The van der Waals surface area contributed by atoms with Crippen LogP contribution in [-0.2, 0) is 10.0 Å². The summed E-state index contributed by atoms with van der Waals surface area (Å²) in [4.78, 5) is -1.03. The number of hydrogen-bond acceptors (Lipinski definition) is 3. The van der Waals surface area contributed by atoms with Gasteiger partial charge in [0.05, 0.1) is 12.8 Å². The topological polar surface area (TPSA) is 55.4 Å². The van der Waals surface area contributed by atoms with Crippen molar-refractivity contribution < 1.29 is 26.3 Å². The van der Waals surface area contributed by atoms with E-state index in [-0.39, 0.29) is 16.5 Å². The Kier molecular flexibility index (Phi) is 4.52. The second-order valence-electron chi connectivity index (χ2n) is 4.12. The Hall–Kier alpha value is -1.93. The Labute approximate surface area is 129 Å². The summed E-state index contributed by atoms with van der Waals surface area (Å²) in [7, 11) is -3.21. The number of sulfonamides is 1. The van der Waals surface area contributed by atoms with E-state index < -0.39 is 32.4 Å². The quantitative estimate of drug-likeness (QED) is 0.857. The maximum absolute atomic E-state index is 13.6. The fraction of sp³-hybridized carbons (Fsp3) is 0.0769. The molecule has 0 atom stereocenters. The van der Waals surface area contributed by atoms with Crippen molar-refractivity contribution in [2.45, 2.75) is 4.90 Å². The zero-order valence-electron chi connectivity index (χ0n) is 11.0. The zero-order chi connectivity index (χ0) is 16.5. The first-order chi connectivity index (χ1) is 10.3. The standard InChI is InChI=1S/C13H9ClF3NO3S/c1-21-10-4-2-7(14)6-9(10)18-22(19,20)11-5-3-8(15)12(16)13(11)17/h2-6,18H,1H3.